The first-order valence-electron chi connectivity index (χ1n) is 9.08. The Balaban J connectivity index is 1.66. The molecular formula is C21H21F3N2O2. The monoisotopic (exact) mass is 390 g/mol. The van der Waals surface area contributed by atoms with Gasteiger partial charge in [-0.2, -0.15) is 13.2 Å². The highest BCUT2D eigenvalue weighted by Gasteiger charge is 2.30. The Morgan fingerprint density at radius 1 is 0.821 bits per heavy atom. The third-order valence-electron chi connectivity index (χ3n) is 4.79. The first kappa shape index (κ1) is 19.9. The van der Waals surface area contributed by atoms with Crippen LogP contribution < -0.4 is 0 Å². The molecule has 2 amide bonds. The number of halogens is 3. The molecule has 1 fully saturated rings. The largest absolute Gasteiger partial charge is 0.416 e. The van der Waals surface area contributed by atoms with Crippen LogP contribution in [0, 0.1) is 6.92 Å². The van der Waals surface area contributed by atoms with Crippen molar-refractivity contribution >= 4 is 11.8 Å². The summed E-state index contributed by atoms with van der Waals surface area (Å²) in [6.07, 6.45) is -3.81. The molecule has 1 aliphatic rings. The fraction of sp³-hybridized carbons (Fsp3) is 0.333. The zero-order valence-electron chi connectivity index (χ0n) is 15.5. The number of benzene rings is 2. The minimum absolute atomic E-state index is 0.0764. The van der Waals surface area contributed by atoms with Crippen molar-refractivity contribution in [3.05, 3.63) is 70.8 Å². The molecule has 0 atom stereocenters. The van der Waals surface area contributed by atoms with E-state index in [9.17, 15) is 22.8 Å². The van der Waals surface area contributed by atoms with Crippen LogP contribution in [0.1, 0.15) is 38.3 Å². The maximum absolute atomic E-state index is 12.7. The van der Waals surface area contributed by atoms with E-state index in [0.717, 1.165) is 17.7 Å². The molecule has 0 radical (unpaired) electrons. The Morgan fingerprint density at radius 3 is 1.93 bits per heavy atom. The summed E-state index contributed by atoms with van der Waals surface area (Å²) in [6, 6.07) is 11.6. The molecule has 0 aromatic heterocycles. The Hall–Kier alpha value is -2.83. The minimum Gasteiger partial charge on any atom is -0.337 e. The number of aryl methyl sites for hydroxylation is 1. The molecule has 7 heteroatoms. The van der Waals surface area contributed by atoms with E-state index >= 15 is 0 Å². The summed E-state index contributed by atoms with van der Waals surface area (Å²) in [7, 11) is 0. The van der Waals surface area contributed by atoms with Gasteiger partial charge in [-0.1, -0.05) is 17.7 Å². The van der Waals surface area contributed by atoms with Crippen molar-refractivity contribution in [3.8, 4) is 0 Å². The Bertz CT molecular complexity index is 863. The first-order chi connectivity index (χ1) is 13.3. The van der Waals surface area contributed by atoms with E-state index in [2.05, 4.69) is 0 Å². The van der Waals surface area contributed by atoms with Crippen molar-refractivity contribution < 1.29 is 22.8 Å². The van der Waals surface area contributed by atoms with E-state index in [1.165, 1.54) is 12.1 Å². The molecule has 148 valence electrons. The quantitative estimate of drug-likeness (QED) is 0.778. The fourth-order valence-corrected chi connectivity index (χ4v) is 3.27. The molecule has 0 unspecified atom stereocenters. The molecule has 0 bridgehead atoms. The van der Waals surface area contributed by atoms with Crippen molar-refractivity contribution in [3.63, 3.8) is 0 Å². The van der Waals surface area contributed by atoms with Gasteiger partial charge in [-0.3, -0.25) is 9.59 Å². The first-order valence-corrected chi connectivity index (χ1v) is 9.08. The maximum atomic E-state index is 12.7. The van der Waals surface area contributed by atoms with E-state index in [0.29, 0.717) is 38.2 Å². The van der Waals surface area contributed by atoms with Gasteiger partial charge in [0.25, 0.3) is 11.8 Å². The van der Waals surface area contributed by atoms with Crippen LogP contribution >= 0.6 is 0 Å². The highest BCUT2D eigenvalue weighted by molar-refractivity contribution is 5.95. The van der Waals surface area contributed by atoms with Crippen molar-refractivity contribution in [1.82, 2.24) is 9.80 Å². The van der Waals surface area contributed by atoms with Gasteiger partial charge < -0.3 is 9.80 Å². The molecule has 0 N–H and O–H groups in total. The van der Waals surface area contributed by atoms with Gasteiger partial charge in [-0.15, -0.1) is 0 Å². The molecule has 28 heavy (non-hydrogen) atoms. The van der Waals surface area contributed by atoms with Crippen LogP contribution in [-0.2, 0) is 6.18 Å². The lowest BCUT2D eigenvalue weighted by atomic mass is 10.1. The van der Waals surface area contributed by atoms with Crippen LogP contribution in [-0.4, -0.2) is 47.8 Å². The predicted octanol–water partition coefficient (Wildman–Crippen LogP) is 4.00. The van der Waals surface area contributed by atoms with Crippen molar-refractivity contribution in [2.75, 3.05) is 26.2 Å². The molecule has 3 rings (SSSR count). The van der Waals surface area contributed by atoms with E-state index in [-0.39, 0.29) is 17.4 Å². The average Bonchev–Trinajstić information content (AvgIpc) is 2.92. The van der Waals surface area contributed by atoms with E-state index in [1.54, 1.807) is 15.9 Å². The van der Waals surface area contributed by atoms with Gasteiger partial charge in [0.15, 0.2) is 0 Å². The number of hydrogen-bond acceptors (Lipinski definition) is 2. The zero-order chi connectivity index (χ0) is 20.3. The molecule has 0 aliphatic carbocycles. The number of nitrogens with zero attached hydrogens (tertiary/aromatic N) is 2. The molecule has 0 spiro atoms. The predicted molar refractivity (Wildman–Crippen MR) is 99.0 cm³/mol. The van der Waals surface area contributed by atoms with Crippen molar-refractivity contribution in [2.24, 2.45) is 0 Å². The second kappa shape index (κ2) is 8.04. The smallest absolute Gasteiger partial charge is 0.337 e. The summed E-state index contributed by atoms with van der Waals surface area (Å²) in [5.41, 5.74) is 1.04. The van der Waals surface area contributed by atoms with Gasteiger partial charge in [0.2, 0.25) is 0 Å². The Kier molecular flexibility index (Phi) is 5.72. The lowest BCUT2D eigenvalue weighted by molar-refractivity contribution is -0.137. The van der Waals surface area contributed by atoms with Crippen molar-refractivity contribution in [2.45, 2.75) is 19.5 Å². The lowest BCUT2D eigenvalue weighted by Gasteiger charge is -2.22. The second-order valence-electron chi connectivity index (χ2n) is 6.88. The van der Waals surface area contributed by atoms with Crippen LogP contribution in [0.25, 0.3) is 0 Å². The Morgan fingerprint density at radius 2 is 1.39 bits per heavy atom. The lowest BCUT2D eigenvalue weighted by Crippen LogP contribution is -2.37. The van der Waals surface area contributed by atoms with Crippen molar-refractivity contribution in [1.29, 1.82) is 0 Å². The molecular weight excluding hydrogens is 369 g/mol. The van der Waals surface area contributed by atoms with E-state index < -0.39 is 11.7 Å². The molecule has 4 nitrogen and oxygen atoms in total. The van der Waals surface area contributed by atoms with Crippen LogP contribution in [0.2, 0.25) is 0 Å². The summed E-state index contributed by atoms with van der Waals surface area (Å²) in [5.74, 6) is -0.397. The molecule has 1 heterocycles. The molecule has 2 aromatic rings. The summed E-state index contributed by atoms with van der Waals surface area (Å²) in [5, 5.41) is 0. The number of rotatable bonds is 2. The van der Waals surface area contributed by atoms with E-state index in [4.69, 9.17) is 0 Å². The summed E-state index contributed by atoms with van der Waals surface area (Å²) in [6.45, 7) is 3.64. The maximum Gasteiger partial charge on any atom is 0.416 e. The Labute approximate surface area is 161 Å². The third-order valence-corrected chi connectivity index (χ3v) is 4.79. The molecule has 1 saturated heterocycles. The van der Waals surface area contributed by atoms with Gasteiger partial charge in [0.1, 0.15) is 0 Å². The minimum atomic E-state index is -4.43. The zero-order valence-corrected chi connectivity index (χ0v) is 15.5. The molecule has 0 saturated carbocycles. The highest BCUT2D eigenvalue weighted by atomic mass is 19.4. The van der Waals surface area contributed by atoms with E-state index in [1.807, 2.05) is 25.1 Å². The third kappa shape index (κ3) is 4.52. The number of carbonyl (C=O) groups is 2. The normalized spacial score (nSPS) is 15.3. The topological polar surface area (TPSA) is 40.6 Å². The summed E-state index contributed by atoms with van der Waals surface area (Å²) < 4.78 is 38.0. The number of amides is 2. The van der Waals surface area contributed by atoms with Gasteiger partial charge in [0, 0.05) is 37.3 Å². The average molecular weight is 390 g/mol. The van der Waals surface area contributed by atoms with Crippen LogP contribution in [0.4, 0.5) is 13.2 Å². The van der Waals surface area contributed by atoms with Gasteiger partial charge >= 0.3 is 6.18 Å². The summed E-state index contributed by atoms with van der Waals surface area (Å²) in [4.78, 5) is 28.7. The number of carbonyl (C=O) groups excluding carboxylic acids is 2. The molecule has 1 aliphatic heterocycles. The SMILES string of the molecule is Cc1cccc(C(=O)N2CCCN(C(=O)c3ccc(C(F)(F)F)cc3)CC2)c1. The number of hydrogen-bond donors (Lipinski definition) is 0. The summed E-state index contributed by atoms with van der Waals surface area (Å²) >= 11 is 0. The van der Waals surface area contributed by atoms with Crippen LogP contribution in [0.5, 0.6) is 0 Å². The van der Waals surface area contributed by atoms with Gasteiger partial charge in [-0.05, 0) is 49.7 Å². The van der Waals surface area contributed by atoms with Crippen LogP contribution in [0.15, 0.2) is 48.5 Å². The second-order valence-corrected chi connectivity index (χ2v) is 6.88. The number of alkyl halides is 3. The fourth-order valence-electron chi connectivity index (χ4n) is 3.27. The van der Waals surface area contributed by atoms with Gasteiger partial charge in [0.05, 0.1) is 5.56 Å². The highest BCUT2D eigenvalue weighted by Crippen LogP contribution is 2.29. The van der Waals surface area contributed by atoms with Crippen LogP contribution in [0.3, 0.4) is 0 Å². The van der Waals surface area contributed by atoms with Gasteiger partial charge in [-0.25, -0.2) is 0 Å². The molecule has 2 aromatic carbocycles. The standard InChI is InChI=1S/C21H21F3N2O2/c1-15-4-2-5-17(14-15)20(28)26-11-3-10-25(12-13-26)19(27)16-6-8-18(9-7-16)21(22,23)24/h2,4-9,14H,3,10-13H2,1H3.